The van der Waals surface area contributed by atoms with Gasteiger partial charge in [0.25, 0.3) is 5.91 Å². The van der Waals surface area contributed by atoms with Crippen LogP contribution in [0.1, 0.15) is 25.3 Å². The fourth-order valence-electron chi connectivity index (χ4n) is 2.41. The Hall–Kier alpha value is -2.89. The van der Waals surface area contributed by atoms with Gasteiger partial charge in [0.2, 0.25) is 0 Å². The van der Waals surface area contributed by atoms with Crippen LogP contribution < -0.4 is 10.1 Å². The largest absolute Gasteiger partial charge is 0.481 e. The first-order chi connectivity index (χ1) is 12.0. The van der Waals surface area contributed by atoms with Crippen molar-refractivity contribution >= 4 is 11.9 Å². The Morgan fingerprint density at radius 1 is 1.20 bits per heavy atom. The molecule has 0 aliphatic heterocycles. The third-order valence-corrected chi connectivity index (χ3v) is 3.69. The first-order valence-electron chi connectivity index (χ1n) is 8.17. The van der Waals surface area contributed by atoms with Gasteiger partial charge in [0.05, 0.1) is 6.20 Å². The summed E-state index contributed by atoms with van der Waals surface area (Å²) in [5, 5.41) is 11.8. The summed E-state index contributed by atoms with van der Waals surface area (Å²) in [5.74, 6) is -0.655. The number of carbonyl (C=O) groups is 2. The topological polar surface area (TPSA) is 88.5 Å². The predicted molar refractivity (Wildman–Crippen MR) is 93.3 cm³/mol. The number of amides is 1. The average Bonchev–Trinajstić information content (AvgIpc) is 2.61. The number of carboxylic acids is 1. The third-order valence-electron chi connectivity index (χ3n) is 3.69. The highest BCUT2D eigenvalue weighted by Crippen LogP contribution is 2.11. The molecule has 0 bridgehead atoms. The molecule has 0 aliphatic rings. The van der Waals surface area contributed by atoms with Crippen LogP contribution in [0.4, 0.5) is 0 Å². The van der Waals surface area contributed by atoms with Gasteiger partial charge in [-0.3, -0.25) is 14.6 Å². The van der Waals surface area contributed by atoms with Gasteiger partial charge in [-0.05, 0) is 37.5 Å². The summed E-state index contributed by atoms with van der Waals surface area (Å²) in [5.41, 5.74) is 1.04. The van der Waals surface area contributed by atoms with Crippen molar-refractivity contribution < 1.29 is 19.4 Å². The Morgan fingerprint density at radius 2 is 1.96 bits per heavy atom. The molecule has 1 aromatic carbocycles. The van der Waals surface area contributed by atoms with E-state index in [1.165, 1.54) is 6.20 Å². The predicted octanol–water partition coefficient (Wildman–Crippen LogP) is 2.44. The lowest BCUT2D eigenvalue weighted by atomic mass is 10.0. The van der Waals surface area contributed by atoms with Crippen molar-refractivity contribution in [3.8, 4) is 5.75 Å². The summed E-state index contributed by atoms with van der Waals surface area (Å²) in [6, 6.07) is 12.8. The van der Waals surface area contributed by atoms with Crippen molar-refractivity contribution in [1.29, 1.82) is 0 Å². The molecule has 132 valence electrons. The van der Waals surface area contributed by atoms with Gasteiger partial charge in [0.1, 0.15) is 5.75 Å². The first-order valence-corrected chi connectivity index (χ1v) is 8.17. The number of benzene rings is 1. The summed E-state index contributed by atoms with van der Waals surface area (Å²) < 4.78 is 5.56. The molecule has 6 heteroatoms. The van der Waals surface area contributed by atoms with E-state index in [2.05, 4.69) is 10.3 Å². The van der Waals surface area contributed by atoms with Gasteiger partial charge in [-0.1, -0.05) is 30.3 Å². The molecule has 2 atom stereocenters. The second kappa shape index (κ2) is 9.42. The number of nitrogens with one attached hydrogen (secondary N) is 1. The van der Waals surface area contributed by atoms with E-state index >= 15 is 0 Å². The zero-order valence-corrected chi connectivity index (χ0v) is 14.1. The van der Waals surface area contributed by atoms with Crippen molar-refractivity contribution in [3.05, 3.63) is 60.4 Å². The summed E-state index contributed by atoms with van der Waals surface area (Å²) in [6.45, 7) is 1.65. The van der Waals surface area contributed by atoms with E-state index in [9.17, 15) is 9.59 Å². The molecular weight excluding hydrogens is 320 g/mol. The lowest BCUT2D eigenvalue weighted by molar-refractivity contribution is -0.137. The second-order valence-electron chi connectivity index (χ2n) is 5.78. The minimum absolute atomic E-state index is 0.00434. The van der Waals surface area contributed by atoms with Crippen LogP contribution in [0.25, 0.3) is 0 Å². The molecule has 0 radical (unpaired) electrons. The first kappa shape index (κ1) is 18.4. The van der Waals surface area contributed by atoms with E-state index in [1.54, 1.807) is 25.3 Å². The molecule has 2 rings (SSSR count). The maximum Gasteiger partial charge on any atom is 0.303 e. The number of hydrogen-bond donors (Lipinski definition) is 2. The number of aromatic nitrogens is 1. The highest BCUT2D eigenvalue weighted by molar-refractivity contribution is 5.81. The minimum Gasteiger partial charge on any atom is -0.481 e. The molecule has 0 saturated heterocycles. The molecule has 0 fully saturated rings. The van der Waals surface area contributed by atoms with Crippen LogP contribution in [-0.2, 0) is 16.0 Å². The van der Waals surface area contributed by atoms with E-state index < -0.39 is 12.1 Å². The van der Waals surface area contributed by atoms with Crippen molar-refractivity contribution in [1.82, 2.24) is 10.3 Å². The molecule has 6 nitrogen and oxygen atoms in total. The van der Waals surface area contributed by atoms with Crippen molar-refractivity contribution in [3.63, 3.8) is 0 Å². The van der Waals surface area contributed by atoms with Crippen LogP contribution >= 0.6 is 0 Å². The van der Waals surface area contributed by atoms with E-state index in [0.717, 1.165) is 5.56 Å². The third kappa shape index (κ3) is 6.63. The van der Waals surface area contributed by atoms with Crippen molar-refractivity contribution in [2.75, 3.05) is 0 Å². The summed E-state index contributed by atoms with van der Waals surface area (Å²) in [7, 11) is 0. The Bertz CT molecular complexity index is 676. The molecule has 1 amide bonds. The zero-order chi connectivity index (χ0) is 18.1. The van der Waals surface area contributed by atoms with Gasteiger partial charge in [0.15, 0.2) is 6.10 Å². The highest BCUT2D eigenvalue weighted by atomic mass is 16.5. The van der Waals surface area contributed by atoms with Gasteiger partial charge in [0, 0.05) is 18.7 Å². The van der Waals surface area contributed by atoms with Gasteiger partial charge in [-0.2, -0.15) is 0 Å². The lowest BCUT2D eigenvalue weighted by Gasteiger charge is -2.21. The van der Waals surface area contributed by atoms with Crippen LogP contribution in [0.3, 0.4) is 0 Å². The molecule has 25 heavy (non-hydrogen) atoms. The number of rotatable bonds is 9. The van der Waals surface area contributed by atoms with Crippen molar-refractivity contribution in [2.45, 2.75) is 38.3 Å². The Balaban J connectivity index is 1.96. The Labute approximate surface area is 146 Å². The molecule has 1 aromatic heterocycles. The van der Waals surface area contributed by atoms with Crippen LogP contribution in [0, 0.1) is 0 Å². The quantitative estimate of drug-likeness (QED) is 0.731. The number of carboxylic acid groups (broad SMARTS) is 1. The van der Waals surface area contributed by atoms with E-state index in [4.69, 9.17) is 9.84 Å². The van der Waals surface area contributed by atoms with Crippen molar-refractivity contribution in [2.24, 2.45) is 0 Å². The standard InChI is InChI=1S/C19H22N2O4/c1-14(25-17-8-5-11-20-13-17)19(24)21-16(9-10-18(22)23)12-15-6-3-2-4-7-15/h2-8,11,13-14,16H,9-10,12H2,1H3,(H,21,24)(H,22,23). The normalized spacial score (nSPS) is 12.8. The minimum atomic E-state index is -0.882. The maximum absolute atomic E-state index is 12.4. The Morgan fingerprint density at radius 3 is 2.60 bits per heavy atom. The lowest BCUT2D eigenvalue weighted by Crippen LogP contribution is -2.43. The van der Waals surface area contributed by atoms with E-state index in [1.807, 2.05) is 30.3 Å². The smallest absolute Gasteiger partial charge is 0.303 e. The number of pyridine rings is 1. The van der Waals surface area contributed by atoms with Gasteiger partial charge < -0.3 is 15.2 Å². The zero-order valence-electron chi connectivity index (χ0n) is 14.1. The monoisotopic (exact) mass is 342 g/mol. The highest BCUT2D eigenvalue weighted by Gasteiger charge is 2.20. The van der Waals surface area contributed by atoms with E-state index in [-0.39, 0.29) is 18.4 Å². The fourth-order valence-corrected chi connectivity index (χ4v) is 2.41. The molecular formula is C19H22N2O4. The van der Waals surface area contributed by atoms with Gasteiger partial charge in [-0.25, -0.2) is 0 Å². The molecule has 2 unspecified atom stereocenters. The maximum atomic E-state index is 12.4. The number of hydrogen-bond acceptors (Lipinski definition) is 4. The van der Waals surface area contributed by atoms with Crippen LogP contribution in [0.2, 0.25) is 0 Å². The van der Waals surface area contributed by atoms with E-state index in [0.29, 0.717) is 18.6 Å². The molecule has 0 spiro atoms. The number of carbonyl (C=O) groups excluding carboxylic acids is 1. The average molecular weight is 342 g/mol. The molecule has 1 heterocycles. The van der Waals surface area contributed by atoms with Gasteiger partial charge in [-0.15, -0.1) is 0 Å². The number of ether oxygens (including phenoxy) is 1. The van der Waals surface area contributed by atoms with Crippen LogP contribution in [-0.4, -0.2) is 34.1 Å². The summed E-state index contributed by atoms with van der Waals surface area (Å²) in [6.07, 6.45) is 3.38. The fraction of sp³-hybridized carbons (Fsp3) is 0.316. The van der Waals surface area contributed by atoms with Gasteiger partial charge >= 0.3 is 5.97 Å². The molecule has 0 aliphatic carbocycles. The molecule has 2 N–H and O–H groups in total. The number of aliphatic carboxylic acids is 1. The summed E-state index contributed by atoms with van der Waals surface area (Å²) >= 11 is 0. The second-order valence-corrected chi connectivity index (χ2v) is 5.78. The van der Waals surface area contributed by atoms with Crippen LogP contribution in [0.5, 0.6) is 5.75 Å². The SMILES string of the molecule is CC(Oc1cccnc1)C(=O)NC(CCC(=O)O)Cc1ccccc1. The summed E-state index contributed by atoms with van der Waals surface area (Å²) in [4.78, 5) is 27.2. The van der Waals surface area contributed by atoms with Crippen LogP contribution in [0.15, 0.2) is 54.9 Å². The number of nitrogens with zero attached hydrogens (tertiary/aromatic N) is 1. The molecule has 0 saturated carbocycles. The Kier molecular flexibility index (Phi) is 6.95. The molecule has 2 aromatic rings.